The van der Waals surface area contributed by atoms with Crippen LogP contribution >= 0.6 is 0 Å². The molecule has 4 rings (SSSR count). The number of benzene rings is 2. The number of amides is 1. The second kappa shape index (κ2) is 5.89. The SMILES string of the molecule is CC(Cc1c[nH]c2ccccc12)NC(=O)c1cc2ccccc2o1. The fourth-order valence-corrected chi connectivity index (χ4v) is 3.07. The summed E-state index contributed by atoms with van der Waals surface area (Å²) in [6, 6.07) is 17.6. The average Bonchev–Trinajstić information content (AvgIpc) is 3.19. The number of nitrogens with one attached hydrogen (secondary N) is 2. The van der Waals surface area contributed by atoms with Crippen LogP contribution in [0.25, 0.3) is 21.9 Å². The van der Waals surface area contributed by atoms with E-state index < -0.39 is 0 Å². The molecule has 1 unspecified atom stereocenters. The largest absolute Gasteiger partial charge is 0.451 e. The molecular weight excluding hydrogens is 300 g/mol. The van der Waals surface area contributed by atoms with Gasteiger partial charge in [-0.2, -0.15) is 0 Å². The first-order chi connectivity index (χ1) is 11.7. The third-order valence-corrected chi connectivity index (χ3v) is 4.23. The van der Waals surface area contributed by atoms with Gasteiger partial charge < -0.3 is 14.7 Å². The molecule has 2 aromatic heterocycles. The summed E-state index contributed by atoms with van der Waals surface area (Å²) < 4.78 is 5.62. The summed E-state index contributed by atoms with van der Waals surface area (Å²) in [5.74, 6) is 0.167. The maximum atomic E-state index is 12.4. The van der Waals surface area contributed by atoms with E-state index in [-0.39, 0.29) is 11.9 Å². The zero-order chi connectivity index (χ0) is 16.5. The number of hydrogen-bond donors (Lipinski definition) is 2. The third kappa shape index (κ3) is 2.67. The highest BCUT2D eigenvalue weighted by atomic mass is 16.3. The lowest BCUT2D eigenvalue weighted by atomic mass is 10.1. The second-order valence-electron chi connectivity index (χ2n) is 6.09. The van der Waals surface area contributed by atoms with E-state index in [0.29, 0.717) is 5.76 Å². The Kier molecular flexibility index (Phi) is 3.58. The van der Waals surface area contributed by atoms with Gasteiger partial charge in [-0.15, -0.1) is 0 Å². The first kappa shape index (κ1) is 14.6. The van der Waals surface area contributed by atoms with E-state index in [0.717, 1.165) is 22.9 Å². The number of aromatic nitrogens is 1. The Morgan fingerprint density at radius 3 is 2.83 bits per heavy atom. The Morgan fingerprint density at radius 2 is 1.96 bits per heavy atom. The molecule has 4 heteroatoms. The van der Waals surface area contributed by atoms with Crippen LogP contribution in [0.3, 0.4) is 0 Å². The van der Waals surface area contributed by atoms with E-state index in [1.807, 2.05) is 49.5 Å². The molecule has 0 aliphatic heterocycles. The van der Waals surface area contributed by atoms with Crippen LogP contribution in [-0.4, -0.2) is 16.9 Å². The van der Waals surface area contributed by atoms with Crippen LogP contribution in [-0.2, 0) is 6.42 Å². The summed E-state index contributed by atoms with van der Waals surface area (Å²) in [5, 5.41) is 5.15. The van der Waals surface area contributed by atoms with Crippen molar-refractivity contribution in [2.75, 3.05) is 0 Å². The number of rotatable bonds is 4. The van der Waals surface area contributed by atoms with Crippen LogP contribution in [0.1, 0.15) is 23.0 Å². The number of carbonyl (C=O) groups is 1. The van der Waals surface area contributed by atoms with Crippen LogP contribution < -0.4 is 5.32 Å². The van der Waals surface area contributed by atoms with Crippen LogP contribution in [0.5, 0.6) is 0 Å². The molecule has 0 saturated carbocycles. The summed E-state index contributed by atoms with van der Waals surface area (Å²) in [7, 11) is 0. The molecule has 0 bridgehead atoms. The monoisotopic (exact) mass is 318 g/mol. The predicted molar refractivity (Wildman–Crippen MR) is 95.1 cm³/mol. The maximum absolute atomic E-state index is 12.4. The van der Waals surface area contributed by atoms with Crippen LogP contribution in [0.2, 0.25) is 0 Å². The smallest absolute Gasteiger partial charge is 0.287 e. The highest BCUT2D eigenvalue weighted by Gasteiger charge is 2.16. The maximum Gasteiger partial charge on any atom is 0.287 e. The fraction of sp³-hybridized carbons (Fsp3) is 0.150. The number of furan rings is 1. The number of H-pyrrole nitrogens is 1. The highest BCUT2D eigenvalue weighted by molar-refractivity contribution is 5.96. The molecule has 0 saturated heterocycles. The minimum absolute atomic E-state index is 0.00455. The zero-order valence-electron chi connectivity index (χ0n) is 13.4. The normalized spacial score (nSPS) is 12.5. The van der Waals surface area contributed by atoms with Crippen LogP contribution in [0.4, 0.5) is 0 Å². The molecule has 2 heterocycles. The van der Waals surface area contributed by atoms with Gasteiger partial charge in [0.25, 0.3) is 5.91 Å². The van der Waals surface area contributed by atoms with Gasteiger partial charge in [0.2, 0.25) is 0 Å². The molecule has 120 valence electrons. The average molecular weight is 318 g/mol. The van der Waals surface area contributed by atoms with E-state index in [9.17, 15) is 4.79 Å². The number of fused-ring (bicyclic) bond motifs is 2. The van der Waals surface area contributed by atoms with E-state index in [4.69, 9.17) is 4.42 Å². The van der Waals surface area contributed by atoms with E-state index in [1.54, 1.807) is 6.07 Å². The minimum Gasteiger partial charge on any atom is -0.451 e. The summed E-state index contributed by atoms with van der Waals surface area (Å²) >= 11 is 0. The van der Waals surface area contributed by atoms with Crippen LogP contribution in [0.15, 0.2) is 65.2 Å². The summed E-state index contributed by atoms with van der Waals surface area (Å²) in [6.07, 6.45) is 2.77. The molecule has 1 atom stereocenters. The Balaban J connectivity index is 1.49. The highest BCUT2D eigenvalue weighted by Crippen LogP contribution is 2.20. The van der Waals surface area contributed by atoms with Crippen molar-refractivity contribution in [3.8, 4) is 0 Å². The molecule has 0 aliphatic rings. The van der Waals surface area contributed by atoms with Crippen molar-refractivity contribution in [1.29, 1.82) is 0 Å². The van der Waals surface area contributed by atoms with Crippen molar-refractivity contribution in [3.05, 3.63) is 72.1 Å². The Bertz CT molecular complexity index is 980. The summed E-state index contributed by atoms with van der Waals surface area (Å²) in [4.78, 5) is 15.7. The lowest BCUT2D eigenvalue weighted by molar-refractivity contribution is 0.0914. The van der Waals surface area contributed by atoms with Crippen molar-refractivity contribution >= 4 is 27.8 Å². The second-order valence-corrected chi connectivity index (χ2v) is 6.09. The van der Waals surface area contributed by atoms with Gasteiger partial charge in [0, 0.05) is 28.5 Å². The molecule has 24 heavy (non-hydrogen) atoms. The number of para-hydroxylation sites is 2. The lowest BCUT2D eigenvalue weighted by Gasteiger charge is -2.12. The van der Waals surface area contributed by atoms with Gasteiger partial charge in [0.15, 0.2) is 5.76 Å². The first-order valence-corrected chi connectivity index (χ1v) is 8.05. The molecular formula is C20H18N2O2. The summed E-state index contributed by atoms with van der Waals surface area (Å²) in [6.45, 7) is 2.00. The molecule has 1 amide bonds. The number of aromatic amines is 1. The van der Waals surface area contributed by atoms with Crippen molar-refractivity contribution < 1.29 is 9.21 Å². The molecule has 2 N–H and O–H groups in total. The van der Waals surface area contributed by atoms with E-state index in [2.05, 4.69) is 22.4 Å². The molecule has 0 fully saturated rings. The Hall–Kier alpha value is -3.01. The lowest BCUT2D eigenvalue weighted by Crippen LogP contribution is -2.33. The molecule has 0 spiro atoms. The molecule has 0 aliphatic carbocycles. The molecule has 4 nitrogen and oxygen atoms in total. The number of carbonyl (C=O) groups excluding carboxylic acids is 1. The van der Waals surface area contributed by atoms with Crippen molar-refractivity contribution in [2.24, 2.45) is 0 Å². The minimum atomic E-state index is -0.182. The predicted octanol–water partition coefficient (Wildman–Crippen LogP) is 4.28. The Morgan fingerprint density at radius 1 is 1.17 bits per heavy atom. The van der Waals surface area contributed by atoms with Crippen molar-refractivity contribution in [1.82, 2.24) is 10.3 Å². The summed E-state index contributed by atoms with van der Waals surface area (Å²) in [5.41, 5.74) is 3.04. The zero-order valence-corrected chi connectivity index (χ0v) is 13.4. The number of hydrogen-bond acceptors (Lipinski definition) is 2. The first-order valence-electron chi connectivity index (χ1n) is 8.05. The van der Waals surface area contributed by atoms with Crippen molar-refractivity contribution in [3.63, 3.8) is 0 Å². The van der Waals surface area contributed by atoms with Gasteiger partial charge >= 0.3 is 0 Å². The molecule has 4 aromatic rings. The van der Waals surface area contributed by atoms with E-state index >= 15 is 0 Å². The van der Waals surface area contributed by atoms with Crippen molar-refractivity contribution in [2.45, 2.75) is 19.4 Å². The molecule has 0 radical (unpaired) electrons. The van der Waals surface area contributed by atoms with Gasteiger partial charge in [0.1, 0.15) is 5.58 Å². The van der Waals surface area contributed by atoms with Gasteiger partial charge in [-0.1, -0.05) is 36.4 Å². The van der Waals surface area contributed by atoms with Gasteiger partial charge in [-0.3, -0.25) is 4.79 Å². The quantitative estimate of drug-likeness (QED) is 0.590. The molecule has 2 aromatic carbocycles. The van der Waals surface area contributed by atoms with Gasteiger partial charge in [0.05, 0.1) is 0 Å². The fourth-order valence-electron chi connectivity index (χ4n) is 3.07. The Labute approximate surface area is 139 Å². The van der Waals surface area contributed by atoms with Gasteiger partial charge in [-0.05, 0) is 37.1 Å². The van der Waals surface area contributed by atoms with E-state index in [1.165, 1.54) is 10.9 Å². The van der Waals surface area contributed by atoms with Crippen LogP contribution in [0, 0.1) is 0 Å². The third-order valence-electron chi connectivity index (χ3n) is 4.23. The standard InChI is InChI=1S/C20H18N2O2/c1-13(10-15-12-21-17-8-4-3-7-16(15)17)22-20(23)19-11-14-6-2-5-9-18(14)24-19/h2-9,11-13,21H,10H2,1H3,(H,22,23). The van der Waals surface area contributed by atoms with Gasteiger partial charge in [-0.25, -0.2) is 0 Å². The topological polar surface area (TPSA) is 58.0 Å².